The number of carbonyl (C=O) groups excluding carboxylic acids is 1. The van der Waals surface area contributed by atoms with Crippen molar-refractivity contribution in [2.45, 2.75) is 32.0 Å². The molecule has 5 nitrogen and oxygen atoms in total. The van der Waals surface area contributed by atoms with Gasteiger partial charge in [-0.2, -0.15) is 13.2 Å². The Bertz CT molecular complexity index is 1180. The van der Waals surface area contributed by atoms with E-state index in [9.17, 15) is 18.0 Å². The smallest absolute Gasteiger partial charge is 0.416 e. The van der Waals surface area contributed by atoms with Gasteiger partial charge in [0.25, 0.3) is 0 Å². The zero-order chi connectivity index (χ0) is 24.3. The summed E-state index contributed by atoms with van der Waals surface area (Å²) in [4.78, 5) is 16.7. The maximum Gasteiger partial charge on any atom is 0.416 e. The second-order valence-electron chi connectivity index (χ2n) is 7.82. The van der Waals surface area contributed by atoms with Gasteiger partial charge in [0.1, 0.15) is 5.75 Å². The van der Waals surface area contributed by atoms with E-state index in [2.05, 4.69) is 4.98 Å². The molecule has 34 heavy (non-hydrogen) atoms. The molecule has 1 atom stereocenters. The van der Waals surface area contributed by atoms with Crippen molar-refractivity contribution in [3.05, 3.63) is 71.5 Å². The number of ether oxygens (including phenoxy) is 3. The fourth-order valence-electron chi connectivity index (χ4n) is 4.28. The van der Waals surface area contributed by atoms with Crippen LogP contribution in [0.3, 0.4) is 0 Å². The molecule has 2 aromatic carbocycles. The Morgan fingerprint density at radius 2 is 1.88 bits per heavy atom. The predicted octanol–water partition coefficient (Wildman–Crippen LogP) is 6.01. The number of hydrogen-bond donors (Lipinski definition) is 0. The summed E-state index contributed by atoms with van der Waals surface area (Å²) in [5.74, 6) is -0.190. The van der Waals surface area contributed by atoms with Gasteiger partial charge in [0.2, 0.25) is 0 Å². The number of hydrogen-bond acceptors (Lipinski definition) is 5. The number of alkyl halides is 3. The van der Waals surface area contributed by atoms with E-state index in [1.807, 2.05) is 6.07 Å². The topological polar surface area (TPSA) is 57.7 Å². The SMILES string of the molecule is CCOC(C(=O)OC)c1c(C(F)(F)F)ccc(-c2ccncc2)c1-c1ccc2c(c1)CCCO2. The maximum atomic E-state index is 14.3. The van der Waals surface area contributed by atoms with E-state index >= 15 is 0 Å². The molecule has 1 aliphatic rings. The second-order valence-corrected chi connectivity index (χ2v) is 7.82. The fraction of sp³-hybridized carbons (Fsp3) is 0.308. The Morgan fingerprint density at radius 3 is 2.56 bits per heavy atom. The molecule has 178 valence electrons. The maximum absolute atomic E-state index is 14.3. The average molecular weight is 471 g/mol. The highest BCUT2D eigenvalue weighted by atomic mass is 19.4. The number of aryl methyl sites for hydroxylation is 1. The Morgan fingerprint density at radius 1 is 1.12 bits per heavy atom. The largest absolute Gasteiger partial charge is 0.493 e. The van der Waals surface area contributed by atoms with E-state index in [4.69, 9.17) is 14.2 Å². The molecule has 0 bridgehead atoms. The highest BCUT2D eigenvalue weighted by Crippen LogP contribution is 2.46. The molecular weight excluding hydrogens is 447 g/mol. The molecule has 0 saturated carbocycles. The highest BCUT2D eigenvalue weighted by molar-refractivity contribution is 5.91. The number of halogens is 3. The summed E-state index contributed by atoms with van der Waals surface area (Å²) in [6, 6.07) is 11.2. The van der Waals surface area contributed by atoms with Gasteiger partial charge < -0.3 is 14.2 Å². The lowest BCUT2D eigenvalue weighted by Crippen LogP contribution is -2.23. The van der Waals surface area contributed by atoms with Crippen molar-refractivity contribution >= 4 is 5.97 Å². The summed E-state index contributed by atoms with van der Waals surface area (Å²) >= 11 is 0. The number of carbonyl (C=O) groups is 1. The third-order valence-corrected chi connectivity index (χ3v) is 5.75. The minimum absolute atomic E-state index is 0.0218. The van der Waals surface area contributed by atoms with Gasteiger partial charge in [-0.1, -0.05) is 12.1 Å². The van der Waals surface area contributed by atoms with E-state index in [1.165, 1.54) is 6.07 Å². The molecule has 3 aromatic rings. The van der Waals surface area contributed by atoms with Crippen LogP contribution in [0.15, 0.2) is 54.9 Å². The van der Waals surface area contributed by atoms with Gasteiger partial charge in [-0.25, -0.2) is 4.79 Å². The Hall–Kier alpha value is -3.39. The molecule has 1 aromatic heterocycles. The van der Waals surface area contributed by atoms with E-state index < -0.39 is 23.8 Å². The van der Waals surface area contributed by atoms with Crippen LogP contribution in [0.4, 0.5) is 13.2 Å². The number of fused-ring (bicyclic) bond motifs is 1. The van der Waals surface area contributed by atoms with Crippen LogP contribution in [-0.4, -0.2) is 31.3 Å². The monoisotopic (exact) mass is 471 g/mol. The van der Waals surface area contributed by atoms with Crippen molar-refractivity contribution in [3.63, 3.8) is 0 Å². The van der Waals surface area contributed by atoms with E-state index in [1.54, 1.807) is 43.6 Å². The van der Waals surface area contributed by atoms with Crippen LogP contribution < -0.4 is 4.74 Å². The Kier molecular flexibility index (Phi) is 6.88. The summed E-state index contributed by atoms with van der Waals surface area (Å²) in [7, 11) is 1.13. The van der Waals surface area contributed by atoms with Crippen molar-refractivity contribution in [3.8, 4) is 28.0 Å². The minimum atomic E-state index is -4.72. The molecule has 0 aliphatic carbocycles. The molecule has 0 radical (unpaired) electrons. The van der Waals surface area contributed by atoms with Gasteiger partial charge in [-0.05, 0) is 77.9 Å². The number of rotatable bonds is 6. The third kappa shape index (κ3) is 4.63. The third-order valence-electron chi connectivity index (χ3n) is 5.75. The van der Waals surface area contributed by atoms with Crippen LogP contribution in [0.5, 0.6) is 5.75 Å². The fourth-order valence-corrected chi connectivity index (χ4v) is 4.28. The normalized spacial score (nSPS) is 14.1. The molecule has 2 heterocycles. The molecule has 0 saturated heterocycles. The zero-order valence-corrected chi connectivity index (χ0v) is 18.8. The molecule has 1 unspecified atom stereocenters. The van der Waals surface area contributed by atoms with Crippen LogP contribution in [0.25, 0.3) is 22.3 Å². The molecule has 0 N–H and O–H groups in total. The van der Waals surface area contributed by atoms with Crippen LogP contribution in [0.1, 0.15) is 36.1 Å². The summed E-state index contributed by atoms with van der Waals surface area (Å²) in [6.45, 7) is 2.23. The van der Waals surface area contributed by atoms with Gasteiger partial charge in [0.05, 0.1) is 19.3 Å². The first kappa shape index (κ1) is 23.8. The van der Waals surface area contributed by atoms with Gasteiger partial charge >= 0.3 is 12.1 Å². The van der Waals surface area contributed by atoms with E-state index in [-0.39, 0.29) is 17.7 Å². The van der Waals surface area contributed by atoms with Gasteiger partial charge in [0.15, 0.2) is 6.10 Å². The molecular formula is C26H24F3NO4. The molecule has 4 rings (SSSR count). The van der Waals surface area contributed by atoms with Crippen molar-refractivity contribution in [1.29, 1.82) is 0 Å². The summed E-state index contributed by atoms with van der Waals surface area (Å²) in [5.41, 5.74) is 1.66. The first-order valence-corrected chi connectivity index (χ1v) is 10.9. The predicted molar refractivity (Wildman–Crippen MR) is 120 cm³/mol. The van der Waals surface area contributed by atoms with Crippen LogP contribution in [0.2, 0.25) is 0 Å². The van der Waals surface area contributed by atoms with Crippen LogP contribution in [0, 0.1) is 0 Å². The molecule has 0 spiro atoms. The van der Waals surface area contributed by atoms with E-state index in [0.29, 0.717) is 29.0 Å². The van der Waals surface area contributed by atoms with Crippen molar-refractivity contribution in [2.24, 2.45) is 0 Å². The lowest BCUT2D eigenvalue weighted by molar-refractivity contribution is -0.156. The van der Waals surface area contributed by atoms with E-state index in [0.717, 1.165) is 31.6 Å². The number of esters is 1. The zero-order valence-electron chi connectivity index (χ0n) is 18.8. The first-order chi connectivity index (χ1) is 16.3. The first-order valence-electron chi connectivity index (χ1n) is 10.9. The van der Waals surface area contributed by atoms with Crippen molar-refractivity contribution < 1.29 is 32.2 Å². The van der Waals surface area contributed by atoms with Crippen LogP contribution >= 0.6 is 0 Å². The molecule has 0 amide bonds. The second kappa shape index (κ2) is 9.85. The quantitative estimate of drug-likeness (QED) is 0.412. The summed E-state index contributed by atoms with van der Waals surface area (Å²) in [5, 5.41) is 0. The van der Waals surface area contributed by atoms with Gasteiger partial charge in [-0.3, -0.25) is 4.98 Å². The summed E-state index contributed by atoms with van der Waals surface area (Å²) in [6.07, 6.45) is -1.59. The summed E-state index contributed by atoms with van der Waals surface area (Å²) < 4.78 is 59.0. The average Bonchev–Trinajstić information content (AvgIpc) is 2.85. The Labute approximate surface area is 195 Å². The van der Waals surface area contributed by atoms with Gasteiger partial charge in [-0.15, -0.1) is 0 Å². The number of benzene rings is 2. The van der Waals surface area contributed by atoms with Crippen molar-refractivity contribution in [2.75, 3.05) is 20.3 Å². The van der Waals surface area contributed by atoms with Crippen molar-refractivity contribution in [1.82, 2.24) is 4.98 Å². The molecule has 8 heteroatoms. The van der Waals surface area contributed by atoms with Gasteiger partial charge in [0, 0.05) is 24.6 Å². The number of methoxy groups -OCH3 is 1. The highest BCUT2D eigenvalue weighted by Gasteiger charge is 2.40. The number of pyridine rings is 1. The van der Waals surface area contributed by atoms with Crippen LogP contribution in [-0.2, 0) is 26.9 Å². The minimum Gasteiger partial charge on any atom is -0.493 e. The lowest BCUT2D eigenvalue weighted by Gasteiger charge is -2.26. The molecule has 1 aliphatic heterocycles. The Balaban J connectivity index is 2.09. The number of nitrogens with zero attached hydrogens (tertiary/aromatic N) is 1. The lowest BCUT2D eigenvalue weighted by atomic mass is 9.84. The standard InChI is InChI=1S/C26H24F3NO4/c1-3-33-24(25(31)32-2)23-20(26(27,28)29)8-7-19(16-10-12-30-13-11-16)22(23)18-6-9-21-17(15-18)5-4-14-34-21/h6-13,15,24H,3-5,14H2,1-2H3. The molecule has 0 fully saturated rings. The number of aromatic nitrogens is 1.